The van der Waals surface area contributed by atoms with Gasteiger partial charge in [0.1, 0.15) is 11.3 Å². The van der Waals surface area contributed by atoms with Crippen LogP contribution in [0.25, 0.3) is 0 Å². The van der Waals surface area contributed by atoms with E-state index in [1.54, 1.807) is 6.07 Å². The number of benzene rings is 1. The number of aromatic carboxylic acids is 1. The molecule has 2 atom stereocenters. The number of fused-ring (bicyclic) bond motifs is 1. The summed E-state index contributed by atoms with van der Waals surface area (Å²) in [5.74, 6) is 1.57. The van der Waals surface area contributed by atoms with Crippen LogP contribution in [-0.2, 0) is 0 Å². The molecule has 0 bridgehead atoms. The van der Waals surface area contributed by atoms with Crippen molar-refractivity contribution >= 4 is 5.97 Å². The van der Waals surface area contributed by atoms with Crippen LogP contribution in [0.2, 0.25) is 0 Å². The van der Waals surface area contributed by atoms with E-state index in [-0.39, 0.29) is 18.5 Å². The number of carboxylic acids is 1. The van der Waals surface area contributed by atoms with Crippen molar-refractivity contribution in [2.75, 3.05) is 6.79 Å². The Kier molecular flexibility index (Phi) is 3.66. The predicted molar refractivity (Wildman–Crippen MR) is 76.1 cm³/mol. The maximum Gasteiger partial charge on any atom is 0.339 e. The number of carbonyl (C=O) groups is 1. The zero-order valence-corrected chi connectivity index (χ0v) is 12.3. The summed E-state index contributed by atoms with van der Waals surface area (Å²) in [5, 5.41) is 9.35. The van der Waals surface area contributed by atoms with E-state index in [2.05, 4.69) is 13.8 Å². The molecule has 0 saturated heterocycles. The first kappa shape index (κ1) is 14.0. The van der Waals surface area contributed by atoms with Crippen molar-refractivity contribution in [2.45, 2.75) is 39.2 Å². The number of carboxylic acid groups (broad SMARTS) is 1. The Morgan fingerprint density at radius 1 is 1.14 bits per heavy atom. The fourth-order valence-corrected chi connectivity index (χ4v) is 3.34. The van der Waals surface area contributed by atoms with Gasteiger partial charge in [-0.1, -0.05) is 13.8 Å². The molecule has 1 fully saturated rings. The van der Waals surface area contributed by atoms with Gasteiger partial charge in [-0.15, -0.1) is 0 Å². The van der Waals surface area contributed by atoms with Crippen molar-refractivity contribution in [3.05, 3.63) is 17.7 Å². The first-order valence-corrected chi connectivity index (χ1v) is 7.36. The maximum absolute atomic E-state index is 11.4. The number of hydrogen-bond acceptors (Lipinski definition) is 4. The van der Waals surface area contributed by atoms with Crippen LogP contribution >= 0.6 is 0 Å². The van der Waals surface area contributed by atoms with Crippen molar-refractivity contribution in [2.24, 2.45) is 11.8 Å². The third-order valence-corrected chi connectivity index (χ3v) is 4.13. The van der Waals surface area contributed by atoms with Gasteiger partial charge in [0.05, 0.1) is 6.10 Å². The molecule has 1 aromatic rings. The molecule has 2 aliphatic rings. The smallest absolute Gasteiger partial charge is 0.339 e. The van der Waals surface area contributed by atoms with E-state index in [0.717, 1.165) is 12.8 Å². The van der Waals surface area contributed by atoms with Gasteiger partial charge >= 0.3 is 5.97 Å². The summed E-state index contributed by atoms with van der Waals surface area (Å²) in [6, 6.07) is 3.12. The monoisotopic (exact) mass is 292 g/mol. The highest BCUT2D eigenvalue weighted by molar-refractivity contribution is 5.92. The van der Waals surface area contributed by atoms with E-state index in [1.807, 2.05) is 0 Å². The van der Waals surface area contributed by atoms with Gasteiger partial charge in [0.2, 0.25) is 6.79 Å². The zero-order chi connectivity index (χ0) is 15.0. The molecule has 1 aliphatic heterocycles. The first-order chi connectivity index (χ1) is 10.0. The summed E-state index contributed by atoms with van der Waals surface area (Å²) in [6.45, 7) is 4.54. The quantitative estimate of drug-likeness (QED) is 0.925. The van der Waals surface area contributed by atoms with Crippen LogP contribution in [-0.4, -0.2) is 24.0 Å². The number of hydrogen-bond donors (Lipinski definition) is 1. The normalized spacial score (nSPS) is 27.4. The summed E-state index contributed by atoms with van der Waals surface area (Å²) < 4.78 is 16.5. The molecular formula is C16H20O5. The molecule has 114 valence electrons. The van der Waals surface area contributed by atoms with Crippen LogP contribution in [0, 0.1) is 11.8 Å². The Bertz CT molecular complexity index is 544. The van der Waals surface area contributed by atoms with Gasteiger partial charge in [0.15, 0.2) is 11.5 Å². The molecule has 1 N–H and O–H groups in total. The third-order valence-electron chi connectivity index (χ3n) is 4.13. The van der Waals surface area contributed by atoms with Crippen molar-refractivity contribution in [3.8, 4) is 17.2 Å². The lowest BCUT2D eigenvalue weighted by molar-refractivity contribution is 0.0675. The Labute approximate surface area is 123 Å². The Hall–Kier alpha value is -1.91. The largest absolute Gasteiger partial charge is 0.489 e. The van der Waals surface area contributed by atoms with Crippen LogP contribution in [0.5, 0.6) is 17.2 Å². The Morgan fingerprint density at radius 3 is 2.38 bits per heavy atom. The highest BCUT2D eigenvalue weighted by atomic mass is 16.7. The van der Waals surface area contributed by atoms with Gasteiger partial charge in [0.25, 0.3) is 0 Å². The van der Waals surface area contributed by atoms with E-state index in [0.29, 0.717) is 29.1 Å². The van der Waals surface area contributed by atoms with Gasteiger partial charge in [-0.3, -0.25) is 0 Å². The van der Waals surface area contributed by atoms with Crippen LogP contribution in [0.4, 0.5) is 0 Å². The summed E-state index contributed by atoms with van der Waals surface area (Å²) in [4.78, 5) is 11.4. The van der Waals surface area contributed by atoms with Crippen molar-refractivity contribution in [3.63, 3.8) is 0 Å². The average Bonchev–Trinajstić information content (AvgIpc) is 2.83. The molecule has 21 heavy (non-hydrogen) atoms. The van der Waals surface area contributed by atoms with E-state index < -0.39 is 5.97 Å². The van der Waals surface area contributed by atoms with Crippen LogP contribution in [0.1, 0.15) is 43.5 Å². The minimum absolute atomic E-state index is 0.0576. The molecule has 1 aliphatic carbocycles. The fourth-order valence-electron chi connectivity index (χ4n) is 3.34. The molecule has 5 nitrogen and oxygen atoms in total. The van der Waals surface area contributed by atoms with Gasteiger partial charge in [0, 0.05) is 12.1 Å². The molecule has 3 rings (SSSR count). The molecule has 1 saturated carbocycles. The average molecular weight is 292 g/mol. The Morgan fingerprint density at radius 2 is 1.76 bits per heavy atom. The van der Waals surface area contributed by atoms with Crippen molar-refractivity contribution in [1.29, 1.82) is 0 Å². The molecule has 1 heterocycles. The van der Waals surface area contributed by atoms with Crippen LogP contribution in [0.15, 0.2) is 12.1 Å². The van der Waals surface area contributed by atoms with Gasteiger partial charge < -0.3 is 19.3 Å². The van der Waals surface area contributed by atoms with Crippen molar-refractivity contribution in [1.82, 2.24) is 0 Å². The van der Waals surface area contributed by atoms with Gasteiger partial charge in [-0.05, 0) is 31.1 Å². The second kappa shape index (κ2) is 5.47. The summed E-state index contributed by atoms with van der Waals surface area (Å²) in [6.07, 6.45) is 3.17. The van der Waals surface area contributed by atoms with Crippen LogP contribution in [0.3, 0.4) is 0 Å². The summed E-state index contributed by atoms with van der Waals surface area (Å²) >= 11 is 0. The number of rotatable bonds is 3. The molecule has 0 radical (unpaired) electrons. The lowest BCUT2D eigenvalue weighted by atomic mass is 9.82. The lowest BCUT2D eigenvalue weighted by Crippen LogP contribution is -2.29. The van der Waals surface area contributed by atoms with E-state index >= 15 is 0 Å². The minimum atomic E-state index is -1.01. The van der Waals surface area contributed by atoms with Crippen LogP contribution < -0.4 is 14.2 Å². The zero-order valence-electron chi connectivity index (χ0n) is 12.3. The van der Waals surface area contributed by atoms with E-state index in [1.165, 1.54) is 12.5 Å². The SMILES string of the molecule is CC1CC(C)CC(Oc2cc3c(cc2C(=O)O)OCO3)C1. The Balaban J connectivity index is 1.85. The molecular weight excluding hydrogens is 272 g/mol. The highest BCUT2D eigenvalue weighted by Gasteiger charge is 2.28. The molecule has 0 spiro atoms. The fraction of sp³-hybridized carbons (Fsp3) is 0.562. The van der Waals surface area contributed by atoms with E-state index in [9.17, 15) is 9.90 Å². The van der Waals surface area contributed by atoms with E-state index in [4.69, 9.17) is 14.2 Å². The number of ether oxygens (including phenoxy) is 3. The van der Waals surface area contributed by atoms with Gasteiger partial charge in [-0.25, -0.2) is 4.79 Å². The standard InChI is InChI=1S/C16H20O5/c1-9-3-10(2)5-11(4-9)21-13-7-15-14(19-8-20-15)6-12(13)16(17)18/h6-7,9-11H,3-5,8H2,1-2H3,(H,17,18). The molecule has 0 aromatic heterocycles. The first-order valence-electron chi connectivity index (χ1n) is 7.36. The maximum atomic E-state index is 11.4. The lowest BCUT2D eigenvalue weighted by Gasteiger charge is -2.32. The van der Waals surface area contributed by atoms with Gasteiger partial charge in [-0.2, -0.15) is 0 Å². The second-order valence-electron chi connectivity index (χ2n) is 6.16. The second-order valence-corrected chi connectivity index (χ2v) is 6.16. The minimum Gasteiger partial charge on any atom is -0.489 e. The summed E-state index contributed by atoms with van der Waals surface area (Å²) in [7, 11) is 0. The van der Waals surface area contributed by atoms with Crippen molar-refractivity contribution < 1.29 is 24.1 Å². The molecule has 0 amide bonds. The molecule has 1 aromatic carbocycles. The summed E-state index contributed by atoms with van der Waals surface area (Å²) in [5.41, 5.74) is 0.130. The highest BCUT2D eigenvalue weighted by Crippen LogP contribution is 2.40. The topological polar surface area (TPSA) is 65.0 Å². The third kappa shape index (κ3) is 2.91. The molecule has 2 unspecified atom stereocenters. The predicted octanol–water partition coefficient (Wildman–Crippen LogP) is 3.32. The molecule has 5 heteroatoms.